The molecule has 0 spiro atoms. The van der Waals surface area contributed by atoms with Crippen LogP contribution in [0.15, 0.2) is 5.38 Å². The van der Waals surface area contributed by atoms with Gasteiger partial charge >= 0.3 is 0 Å². The van der Waals surface area contributed by atoms with Crippen LogP contribution in [0.5, 0.6) is 0 Å². The molecule has 1 aliphatic rings. The second-order valence-electron chi connectivity index (χ2n) is 5.03. The third-order valence-electron chi connectivity index (χ3n) is 3.80. The smallest absolute Gasteiger partial charge is 0.0971 e. The van der Waals surface area contributed by atoms with E-state index in [4.69, 9.17) is 10.7 Å². The molecule has 1 atom stereocenters. The Hall–Kier alpha value is -0.450. The maximum Gasteiger partial charge on any atom is 0.0971 e. The molecule has 0 bridgehead atoms. The van der Waals surface area contributed by atoms with Gasteiger partial charge in [0.2, 0.25) is 0 Å². The molecule has 0 aromatic carbocycles. The van der Waals surface area contributed by atoms with Crippen LogP contribution in [0.25, 0.3) is 0 Å². The zero-order valence-electron chi connectivity index (χ0n) is 10.9. The molecule has 0 radical (unpaired) electrons. The van der Waals surface area contributed by atoms with Crippen molar-refractivity contribution in [1.82, 2.24) is 9.88 Å². The van der Waals surface area contributed by atoms with Crippen molar-refractivity contribution in [3.63, 3.8) is 0 Å². The van der Waals surface area contributed by atoms with E-state index < -0.39 is 0 Å². The van der Waals surface area contributed by atoms with Crippen LogP contribution in [-0.2, 0) is 0 Å². The highest BCUT2D eigenvalue weighted by atomic mass is 32.1. The van der Waals surface area contributed by atoms with Crippen molar-refractivity contribution in [2.45, 2.75) is 38.0 Å². The monoisotopic (exact) mass is 253 g/mol. The van der Waals surface area contributed by atoms with E-state index in [9.17, 15) is 0 Å². The Morgan fingerprint density at radius 2 is 2.24 bits per heavy atom. The van der Waals surface area contributed by atoms with Crippen molar-refractivity contribution in [1.29, 1.82) is 0 Å². The predicted molar refractivity (Wildman–Crippen MR) is 73.7 cm³/mol. The van der Waals surface area contributed by atoms with Crippen LogP contribution in [-0.4, -0.2) is 36.6 Å². The largest absolute Gasteiger partial charge is 0.330 e. The molecule has 2 rings (SSSR count). The van der Waals surface area contributed by atoms with Crippen molar-refractivity contribution in [2.75, 3.05) is 26.7 Å². The van der Waals surface area contributed by atoms with Gasteiger partial charge in [0.15, 0.2) is 0 Å². The summed E-state index contributed by atoms with van der Waals surface area (Å²) in [6.07, 6.45) is 3.59. The summed E-state index contributed by atoms with van der Waals surface area (Å²) in [5, 5.41) is 3.49. The van der Waals surface area contributed by atoms with Crippen LogP contribution >= 0.6 is 11.3 Å². The third kappa shape index (κ3) is 3.06. The van der Waals surface area contributed by atoms with Gasteiger partial charge in [-0.15, -0.1) is 11.3 Å². The van der Waals surface area contributed by atoms with Crippen LogP contribution in [0.1, 0.15) is 48.7 Å². The van der Waals surface area contributed by atoms with Gasteiger partial charge in [-0.05, 0) is 39.4 Å². The fourth-order valence-electron chi connectivity index (χ4n) is 2.42. The lowest BCUT2D eigenvalue weighted by molar-refractivity contribution is 0.253. The molecule has 3 nitrogen and oxygen atoms in total. The van der Waals surface area contributed by atoms with Gasteiger partial charge in [-0.3, -0.25) is 0 Å². The summed E-state index contributed by atoms with van der Waals surface area (Å²) in [7, 11) is 2.20. The molecule has 1 unspecified atom stereocenters. The molecule has 1 fully saturated rings. The van der Waals surface area contributed by atoms with Gasteiger partial charge in [-0.25, -0.2) is 4.98 Å². The molecule has 1 aromatic rings. The summed E-state index contributed by atoms with van der Waals surface area (Å²) in [6, 6.07) is 0. The lowest BCUT2D eigenvalue weighted by Crippen LogP contribution is -2.29. The van der Waals surface area contributed by atoms with E-state index in [0.717, 1.165) is 13.0 Å². The first-order valence-corrected chi connectivity index (χ1v) is 7.46. The number of thiazole rings is 1. The van der Waals surface area contributed by atoms with E-state index >= 15 is 0 Å². The van der Waals surface area contributed by atoms with Crippen molar-refractivity contribution < 1.29 is 0 Å². The fraction of sp³-hybridized carbons (Fsp3) is 0.769. The normalized spacial score (nSPS) is 20.6. The number of hydrogen-bond acceptors (Lipinski definition) is 4. The van der Waals surface area contributed by atoms with Crippen LogP contribution in [0.4, 0.5) is 0 Å². The zero-order valence-corrected chi connectivity index (χ0v) is 11.7. The molecule has 4 heteroatoms. The number of rotatable bonds is 4. The Morgan fingerprint density at radius 3 is 2.82 bits per heavy atom. The van der Waals surface area contributed by atoms with Gasteiger partial charge in [0, 0.05) is 23.8 Å². The van der Waals surface area contributed by atoms with Crippen LogP contribution in [0.3, 0.4) is 0 Å². The van der Waals surface area contributed by atoms with Crippen molar-refractivity contribution in [3.05, 3.63) is 16.1 Å². The first-order chi connectivity index (χ1) is 8.24. The van der Waals surface area contributed by atoms with E-state index in [1.54, 1.807) is 11.3 Å². The first-order valence-electron chi connectivity index (χ1n) is 6.58. The summed E-state index contributed by atoms with van der Waals surface area (Å²) in [6.45, 7) is 5.31. The van der Waals surface area contributed by atoms with Crippen molar-refractivity contribution >= 4 is 11.3 Å². The third-order valence-corrected chi connectivity index (χ3v) is 4.83. The molecule has 1 aliphatic heterocycles. The Morgan fingerprint density at radius 1 is 1.53 bits per heavy atom. The summed E-state index contributed by atoms with van der Waals surface area (Å²) >= 11 is 1.80. The number of nitrogens with two attached hydrogens (primary N) is 1. The number of hydrogen-bond donors (Lipinski definition) is 1. The number of piperidine rings is 1. The molecule has 17 heavy (non-hydrogen) atoms. The van der Waals surface area contributed by atoms with E-state index in [1.165, 1.54) is 36.6 Å². The summed E-state index contributed by atoms with van der Waals surface area (Å²) in [5.74, 6) is 1.13. The highest BCUT2D eigenvalue weighted by molar-refractivity contribution is 7.09. The van der Waals surface area contributed by atoms with Gasteiger partial charge in [-0.1, -0.05) is 6.92 Å². The zero-order chi connectivity index (χ0) is 12.3. The molecule has 96 valence electrons. The lowest BCUT2D eigenvalue weighted by Gasteiger charge is -2.27. The molecular formula is C13H23N3S. The van der Waals surface area contributed by atoms with E-state index in [0.29, 0.717) is 11.8 Å². The van der Waals surface area contributed by atoms with Gasteiger partial charge in [0.25, 0.3) is 0 Å². The number of likely N-dealkylation sites (tertiary alicyclic amines) is 1. The lowest BCUT2D eigenvalue weighted by atomic mass is 9.94. The Kier molecular flexibility index (Phi) is 4.54. The maximum absolute atomic E-state index is 5.78. The second-order valence-corrected chi connectivity index (χ2v) is 5.92. The minimum Gasteiger partial charge on any atom is -0.330 e. The molecular weight excluding hydrogens is 230 g/mol. The van der Waals surface area contributed by atoms with Gasteiger partial charge in [0.1, 0.15) is 0 Å². The Balaban J connectivity index is 2.02. The molecule has 1 aromatic heterocycles. The predicted octanol–water partition coefficient (Wildman–Crippen LogP) is 2.40. The van der Waals surface area contributed by atoms with Crippen molar-refractivity contribution in [2.24, 2.45) is 5.73 Å². The van der Waals surface area contributed by atoms with Crippen LogP contribution in [0, 0.1) is 0 Å². The Bertz CT molecular complexity index is 338. The molecule has 2 N–H and O–H groups in total. The molecule has 2 heterocycles. The molecule has 0 aliphatic carbocycles. The van der Waals surface area contributed by atoms with Gasteiger partial charge in [-0.2, -0.15) is 0 Å². The minimum absolute atomic E-state index is 0.458. The first kappa shape index (κ1) is 13.0. The molecule has 0 saturated carbocycles. The highest BCUT2D eigenvalue weighted by Crippen LogP contribution is 2.31. The second kappa shape index (κ2) is 5.94. The standard InChI is InChI=1S/C13H23N3S/c1-3-10(8-14)13-15-12(9-17-13)11-4-6-16(2)7-5-11/h9-11H,3-8,14H2,1-2H3. The summed E-state index contributed by atoms with van der Waals surface area (Å²) < 4.78 is 0. The van der Waals surface area contributed by atoms with Gasteiger partial charge in [0.05, 0.1) is 10.7 Å². The molecule has 1 saturated heterocycles. The quantitative estimate of drug-likeness (QED) is 0.896. The SMILES string of the molecule is CCC(CN)c1nc(C2CCN(C)CC2)cs1. The number of aromatic nitrogens is 1. The highest BCUT2D eigenvalue weighted by Gasteiger charge is 2.21. The van der Waals surface area contributed by atoms with Gasteiger partial charge < -0.3 is 10.6 Å². The molecule has 0 amide bonds. The fourth-order valence-corrected chi connectivity index (χ4v) is 3.52. The van der Waals surface area contributed by atoms with Crippen LogP contribution < -0.4 is 5.73 Å². The number of nitrogens with zero attached hydrogens (tertiary/aromatic N) is 2. The maximum atomic E-state index is 5.78. The topological polar surface area (TPSA) is 42.1 Å². The minimum atomic E-state index is 0.458. The average molecular weight is 253 g/mol. The van der Waals surface area contributed by atoms with E-state index in [1.807, 2.05) is 0 Å². The van der Waals surface area contributed by atoms with E-state index in [2.05, 4.69) is 24.3 Å². The Labute approximate surface area is 108 Å². The average Bonchev–Trinajstić information content (AvgIpc) is 2.81. The van der Waals surface area contributed by atoms with Crippen molar-refractivity contribution in [3.8, 4) is 0 Å². The summed E-state index contributed by atoms with van der Waals surface area (Å²) in [4.78, 5) is 7.22. The van der Waals surface area contributed by atoms with Crippen LogP contribution in [0.2, 0.25) is 0 Å². The van der Waals surface area contributed by atoms with E-state index in [-0.39, 0.29) is 0 Å². The summed E-state index contributed by atoms with van der Waals surface area (Å²) in [5.41, 5.74) is 7.09.